The molecule has 0 saturated carbocycles. The first-order chi connectivity index (χ1) is 23.9. The lowest BCUT2D eigenvalue weighted by Gasteiger charge is -2.09. The van der Waals surface area contributed by atoms with Gasteiger partial charge in [0.2, 0.25) is 0 Å². The van der Waals surface area contributed by atoms with Gasteiger partial charge in [-0.05, 0) is 39.0 Å². The topological polar surface area (TPSA) is 92.3 Å². The minimum absolute atomic E-state index is 0.533. The third kappa shape index (κ3) is 45.3. The lowest BCUT2D eigenvalue weighted by atomic mass is 10.1. The highest BCUT2D eigenvalue weighted by Gasteiger charge is 1.97. The zero-order valence-corrected chi connectivity index (χ0v) is 31.3. The van der Waals surface area contributed by atoms with Gasteiger partial charge in [0.05, 0.1) is 119 Å². The van der Waals surface area contributed by atoms with Gasteiger partial charge in [-0.2, -0.15) is 0 Å². The maximum atomic E-state index is 5.68. The van der Waals surface area contributed by atoms with E-state index in [4.69, 9.17) is 47.4 Å². The highest BCUT2D eigenvalue weighted by atomic mass is 16.6. The predicted molar refractivity (Wildman–Crippen MR) is 193 cm³/mol. The quantitative estimate of drug-likeness (QED) is 0.0482. The molecule has 0 saturated heterocycles. The number of hydrogen-bond acceptors (Lipinski definition) is 10. The molecular weight excluding hydrogens is 616 g/mol. The number of allylic oxidation sites excluding steroid dienone is 2. The van der Waals surface area contributed by atoms with Crippen molar-refractivity contribution in [3.05, 3.63) is 12.2 Å². The highest BCUT2D eigenvalue weighted by Crippen LogP contribution is 2.10. The molecule has 0 spiro atoms. The SMILES string of the molecule is CCCCCCCC/C=C/CCCCCCCCOCCOCCOCCOCCOCCOCCOCCOCCOCCOCC. The predicted octanol–water partition coefficient (Wildman–Crippen LogP) is 7.21. The second-order valence-corrected chi connectivity index (χ2v) is 11.6. The van der Waals surface area contributed by atoms with Crippen LogP contribution in [0.5, 0.6) is 0 Å². The van der Waals surface area contributed by atoms with Gasteiger partial charge < -0.3 is 47.4 Å². The minimum Gasteiger partial charge on any atom is -0.379 e. The average Bonchev–Trinajstić information content (AvgIpc) is 3.10. The van der Waals surface area contributed by atoms with Gasteiger partial charge in [-0.1, -0.05) is 76.9 Å². The first-order valence-electron chi connectivity index (χ1n) is 19.3. The summed E-state index contributed by atoms with van der Waals surface area (Å²) < 4.78 is 54.7. The van der Waals surface area contributed by atoms with E-state index in [9.17, 15) is 0 Å². The van der Waals surface area contributed by atoms with Gasteiger partial charge in [-0.3, -0.25) is 0 Å². The van der Waals surface area contributed by atoms with Gasteiger partial charge in [-0.15, -0.1) is 0 Å². The van der Waals surface area contributed by atoms with Gasteiger partial charge >= 0.3 is 0 Å². The molecular formula is C38H76O10. The van der Waals surface area contributed by atoms with Crippen LogP contribution in [0.2, 0.25) is 0 Å². The Morgan fingerprint density at radius 3 is 0.812 bits per heavy atom. The Labute approximate surface area is 295 Å². The zero-order chi connectivity index (χ0) is 34.5. The maximum Gasteiger partial charge on any atom is 0.0701 e. The molecule has 0 aliphatic rings. The van der Waals surface area contributed by atoms with Gasteiger partial charge in [0.25, 0.3) is 0 Å². The van der Waals surface area contributed by atoms with E-state index in [1.807, 2.05) is 6.92 Å². The van der Waals surface area contributed by atoms with Gasteiger partial charge in [0.15, 0.2) is 0 Å². The van der Waals surface area contributed by atoms with Crippen molar-refractivity contribution >= 4 is 0 Å². The van der Waals surface area contributed by atoms with Crippen LogP contribution < -0.4 is 0 Å². The molecule has 0 N–H and O–H groups in total. The average molecular weight is 693 g/mol. The fourth-order valence-electron chi connectivity index (χ4n) is 4.58. The van der Waals surface area contributed by atoms with Crippen molar-refractivity contribution in [3.8, 4) is 0 Å². The third-order valence-electron chi connectivity index (χ3n) is 7.35. The van der Waals surface area contributed by atoms with Crippen molar-refractivity contribution in [2.45, 2.75) is 104 Å². The summed E-state index contributed by atoms with van der Waals surface area (Å²) in [6, 6.07) is 0. The minimum atomic E-state index is 0.533. The molecule has 0 bridgehead atoms. The molecule has 0 aliphatic carbocycles. The number of ether oxygens (including phenoxy) is 10. The van der Waals surface area contributed by atoms with E-state index in [-0.39, 0.29) is 0 Å². The van der Waals surface area contributed by atoms with Gasteiger partial charge in [0, 0.05) is 13.2 Å². The summed E-state index contributed by atoms with van der Waals surface area (Å²) in [6.07, 6.45) is 23.3. The van der Waals surface area contributed by atoms with E-state index in [1.54, 1.807) is 0 Å². The Balaban J connectivity index is 3.06. The van der Waals surface area contributed by atoms with Crippen LogP contribution in [0.1, 0.15) is 104 Å². The van der Waals surface area contributed by atoms with Crippen molar-refractivity contribution in [1.82, 2.24) is 0 Å². The van der Waals surface area contributed by atoms with Crippen molar-refractivity contribution in [2.24, 2.45) is 0 Å². The lowest BCUT2D eigenvalue weighted by Crippen LogP contribution is -2.15. The molecule has 0 aromatic rings. The number of hydrogen-bond donors (Lipinski definition) is 0. The molecule has 48 heavy (non-hydrogen) atoms. The van der Waals surface area contributed by atoms with E-state index in [1.165, 1.54) is 83.5 Å². The summed E-state index contributed by atoms with van der Waals surface area (Å²) in [4.78, 5) is 0. The molecule has 288 valence electrons. The van der Waals surface area contributed by atoms with Crippen LogP contribution in [0.25, 0.3) is 0 Å². The van der Waals surface area contributed by atoms with Crippen LogP contribution in [0.15, 0.2) is 12.2 Å². The summed E-state index contributed by atoms with van der Waals surface area (Å²) in [7, 11) is 0. The lowest BCUT2D eigenvalue weighted by molar-refractivity contribution is -0.0263. The standard InChI is InChI=1S/C38H76O10/c1-3-5-6-7-8-9-10-11-12-13-14-15-16-17-18-19-20-40-23-24-42-27-28-44-31-32-46-35-36-48-38-37-47-34-33-45-30-29-43-26-25-41-22-21-39-4-2/h11-12H,3-10,13-38H2,1-2H3/b12-11+. The monoisotopic (exact) mass is 693 g/mol. The van der Waals surface area contributed by atoms with Gasteiger partial charge in [0.1, 0.15) is 0 Å². The van der Waals surface area contributed by atoms with E-state index < -0.39 is 0 Å². The van der Waals surface area contributed by atoms with Crippen molar-refractivity contribution < 1.29 is 47.4 Å². The molecule has 0 heterocycles. The molecule has 0 aliphatic heterocycles. The number of unbranched alkanes of at least 4 members (excludes halogenated alkanes) is 12. The molecule has 0 fully saturated rings. The Hall–Kier alpha value is -0.660. The van der Waals surface area contributed by atoms with Crippen LogP contribution in [-0.2, 0) is 47.4 Å². The van der Waals surface area contributed by atoms with E-state index in [0.717, 1.165) is 13.0 Å². The van der Waals surface area contributed by atoms with E-state index in [2.05, 4.69) is 19.1 Å². The van der Waals surface area contributed by atoms with Crippen LogP contribution in [0.4, 0.5) is 0 Å². The molecule has 10 heteroatoms. The molecule has 0 unspecified atom stereocenters. The molecule has 0 radical (unpaired) electrons. The maximum absolute atomic E-state index is 5.68. The largest absolute Gasteiger partial charge is 0.379 e. The van der Waals surface area contributed by atoms with Crippen LogP contribution in [0.3, 0.4) is 0 Å². The first-order valence-corrected chi connectivity index (χ1v) is 19.3. The fraction of sp³-hybridized carbons (Fsp3) is 0.947. The molecule has 0 amide bonds. The van der Waals surface area contributed by atoms with Crippen LogP contribution >= 0.6 is 0 Å². The molecule has 0 atom stereocenters. The normalized spacial score (nSPS) is 11.8. The van der Waals surface area contributed by atoms with E-state index in [0.29, 0.717) is 126 Å². The zero-order valence-electron chi connectivity index (χ0n) is 31.3. The van der Waals surface area contributed by atoms with Crippen molar-refractivity contribution in [2.75, 3.05) is 132 Å². The van der Waals surface area contributed by atoms with Crippen LogP contribution in [0, 0.1) is 0 Å². The van der Waals surface area contributed by atoms with Crippen LogP contribution in [-0.4, -0.2) is 132 Å². The molecule has 0 aromatic carbocycles. The fourth-order valence-corrected chi connectivity index (χ4v) is 4.58. The summed E-state index contributed by atoms with van der Waals surface area (Å²) in [5.74, 6) is 0. The Morgan fingerprint density at radius 1 is 0.250 bits per heavy atom. The second-order valence-electron chi connectivity index (χ2n) is 11.6. The third-order valence-corrected chi connectivity index (χ3v) is 7.35. The van der Waals surface area contributed by atoms with Crippen molar-refractivity contribution in [3.63, 3.8) is 0 Å². The Bertz CT molecular complexity index is 582. The smallest absolute Gasteiger partial charge is 0.0701 e. The first kappa shape index (κ1) is 47.3. The summed E-state index contributed by atoms with van der Waals surface area (Å²) >= 11 is 0. The summed E-state index contributed by atoms with van der Waals surface area (Å²) in [5, 5.41) is 0. The Kier molecular flexibility index (Phi) is 45.7. The molecule has 0 aromatic heterocycles. The molecule has 10 nitrogen and oxygen atoms in total. The summed E-state index contributed by atoms with van der Waals surface area (Å²) in [5.41, 5.74) is 0. The highest BCUT2D eigenvalue weighted by molar-refractivity contribution is 4.81. The second kappa shape index (κ2) is 46.3. The van der Waals surface area contributed by atoms with Gasteiger partial charge in [-0.25, -0.2) is 0 Å². The molecule has 0 rings (SSSR count). The van der Waals surface area contributed by atoms with Crippen molar-refractivity contribution in [1.29, 1.82) is 0 Å². The Morgan fingerprint density at radius 2 is 0.500 bits per heavy atom. The summed E-state index contributed by atoms with van der Waals surface area (Å²) in [6.45, 7) is 15.9. The van der Waals surface area contributed by atoms with E-state index >= 15 is 0 Å². The number of rotatable bonds is 44.